The Hall–Kier alpha value is -5.89. The van der Waals surface area contributed by atoms with Crippen LogP contribution in [0.1, 0.15) is 148 Å². The molecule has 8 nitrogen and oxygen atoms in total. The number of carbonyl (C=O) groups excluding carboxylic acids is 3. The molecule has 0 amide bonds. The predicted octanol–water partition coefficient (Wildman–Crippen LogP) is 14.1. The van der Waals surface area contributed by atoms with E-state index in [0.717, 1.165) is 48.3 Å². The van der Waals surface area contributed by atoms with Gasteiger partial charge in [0, 0.05) is 0 Å². The van der Waals surface area contributed by atoms with Crippen LogP contribution in [0.2, 0.25) is 0 Å². The van der Waals surface area contributed by atoms with Gasteiger partial charge in [0.25, 0.3) is 0 Å². The van der Waals surface area contributed by atoms with Gasteiger partial charge >= 0.3 is 17.9 Å². The van der Waals surface area contributed by atoms with Gasteiger partial charge in [-0.25, -0.2) is 14.4 Å². The van der Waals surface area contributed by atoms with Crippen molar-refractivity contribution >= 4 is 17.9 Å². The Morgan fingerprint density at radius 2 is 0.705 bits per heavy atom. The number of carbonyl (C=O) groups is 3. The van der Waals surface area contributed by atoms with Crippen molar-refractivity contribution in [2.75, 3.05) is 13.2 Å². The van der Waals surface area contributed by atoms with Gasteiger partial charge in [-0.15, -0.1) is 0 Å². The first kappa shape index (κ1) is 46.2. The Balaban J connectivity index is 0.980. The molecule has 0 aromatic heterocycles. The molecule has 0 fully saturated rings. The molecule has 0 aliphatic carbocycles. The van der Waals surface area contributed by atoms with Gasteiger partial charge in [-0.05, 0) is 121 Å². The van der Waals surface area contributed by atoms with Gasteiger partial charge in [0.2, 0.25) is 0 Å². The molecule has 0 unspecified atom stereocenters. The van der Waals surface area contributed by atoms with Crippen molar-refractivity contribution in [3.8, 4) is 39.9 Å². The van der Waals surface area contributed by atoms with E-state index in [2.05, 4.69) is 13.8 Å². The molecule has 5 rings (SSSR count). The van der Waals surface area contributed by atoms with Crippen molar-refractivity contribution in [2.45, 2.75) is 117 Å². The van der Waals surface area contributed by atoms with E-state index in [1.165, 1.54) is 77.0 Å². The summed E-state index contributed by atoms with van der Waals surface area (Å²) in [4.78, 5) is 38.7. The first-order valence-electron chi connectivity index (χ1n) is 22.3. The maximum atomic E-state index is 12.9. The highest BCUT2D eigenvalue weighted by molar-refractivity contribution is 5.93. The van der Waals surface area contributed by atoms with E-state index >= 15 is 0 Å². The molecule has 0 N–H and O–H groups in total. The van der Waals surface area contributed by atoms with Gasteiger partial charge in [-0.3, -0.25) is 0 Å². The largest absolute Gasteiger partial charge is 0.494 e. The van der Waals surface area contributed by atoms with Gasteiger partial charge in [0.15, 0.2) is 0 Å². The minimum Gasteiger partial charge on any atom is -0.494 e. The Morgan fingerprint density at radius 1 is 0.344 bits per heavy atom. The summed E-state index contributed by atoms with van der Waals surface area (Å²) in [5.74, 6) is 1.01. The van der Waals surface area contributed by atoms with E-state index in [4.69, 9.17) is 23.7 Å². The van der Waals surface area contributed by atoms with Gasteiger partial charge in [-0.1, -0.05) is 128 Å². The second kappa shape index (κ2) is 26.3. The van der Waals surface area contributed by atoms with Crippen LogP contribution in [-0.4, -0.2) is 31.1 Å². The van der Waals surface area contributed by atoms with Crippen molar-refractivity contribution < 1.29 is 38.1 Å². The lowest BCUT2D eigenvalue weighted by atomic mass is 10.0. The smallest absolute Gasteiger partial charge is 0.343 e. The van der Waals surface area contributed by atoms with Crippen LogP contribution in [-0.2, 0) is 0 Å². The third kappa shape index (κ3) is 16.6. The molecule has 0 saturated carbocycles. The van der Waals surface area contributed by atoms with E-state index in [0.29, 0.717) is 47.2 Å². The second-order valence-electron chi connectivity index (χ2n) is 15.4. The lowest BCUT2D eigenvalue weighted by Gasteiger charge is -2.09. The summed E-state index contributed by atoms with van der Waals surface area (Å²) in [5, 5.41) is 0. The third-order valence-electron chi connectivity index (χ3n) is 10.5. The Kier molecular flexibility index (Phi) is 19.9. The highest BCUT2D eigenvalue weighted by Gasteiger charge is 2.14. The first-order valence-corrected chi connectivity index (χ1v) is 22.3. The Morgan fingerprint density at radius 3 is 1.18 bits per heavy atom. The molecule has 0 aliphatic rings. The summed E-state index contributed by atoms with van der Waals surface area (Å²) in [5.41, 5.74) is 2.73. The Bertz CT molecular complexity index is 2040. The maximum Gasteiger partial charge on any atom is 0.343 e. The maximum absolute atomic E-state index is 12.9. The van der Waals surface area contributed by atoms with Crippen molar-refractivity contribution in [3.05, 3.63) is 138 Å². The minimum absolute atomic E-state index is 0.300. The molecule has 0 bridgehead atoms. The molecule has 0 atom stereocenters. The number of hydrogen-bond donors (Lipinski definition) is 0. The molecule has 61 heavy (non-hydrogen) atoms. The highest BCUT2D eigenvalue weighted by Crippen LogP contribution is 2.26. The molecule has 5 aromatic rings. The van der Waals surface area contributed by atoms with Crippen LogP contribution in [0, 0.1) is 0 Å². The average molecular weight is 827 g/mol. The number of esters is 3. The zero-order valence-corrected chi connectivity index (χ0v) is 36.0. The number of benzene rings is 5. The molecule has 0 saturated heterocycles. The third-order valence-corrected chi connectivity index (χ3v) is 10.5. The van der Waals surface area contributed by atoms with Gasteiger partial charge in [-0.2, -0.15) is 0 Å². The normalized spacial score (nSPS) is 10.9. The summed E-state index contributed by atoms with van der Waals surface area (Å²) in [6.45, 7) is 5.68. The zero-order valence-electron chi connectivity index (χ0n) is 36.0. The predicted molar refractivity (Wildman–Crippen MR) is 242 cm³/mol. The van der Waals surface area contributed by atoms with Crippen molar-refractivity contribution in [1.29, 1.82) is 0 Å². The van der Waals surface area contributed by atoms with E-state index in [9.17, 15) is 14.4 Å². The fourth-order valence-corrected chi connectivity index (χ4v) is 6.81. The molecule has 322 valence electrons. The lowest BCUT2D eigenvalue weighted by Crippen LogP contribution is -2.10. The average Bonchev–Trinajstić information content (AvgIpc) is 3.29. The summed E-state index contributed by atoms with van der Waals surface area (Å²) >= 11 is 0. The number of hydrogen-bond acceptors (Lipinski definition) is 8. The van der Waals surface area contributed by atoms with E-state index in [-0.39, 0.29) is 0 Å². The van der Waals surface area contributed by atoms with Crippen molar-refractivity contribution in [2.24, 2.45) is 0 Å². The van der Waals surface area contributed by atoms with Crippen LogP contribution in [0.3, 0.4) is 0 Å². The first-order chi connectivity index (χ1) is 29.9. The summed E-state index contributed by atoms with van der Waals surface area (Å²) in [6, 6.07) is 34.3. The topological polar surface area (TPSA) is 97.4 Å². The zero-order chi connectivity index (χ0) is 42.9. The number of unbranched alkanes of at least 4 members (excludes halogenated alkanes) is 14. The van der Waals surface area contributed by atoms with Gasteiger partial charge in [0.05, 0.1) is 29.9 Å². The van der Waals surface area contributed by atoms with Crippen LogP contribution in [0.4, 0.5) is 0 Å². The summed E-state index contributed by atoms with van der Waals surface area (Å²) in [6.07, 6.45) is 20.5. The van der Waals surface area contributed by atoms with Gasteiger partial charge in [0.1, 0.15) is 28.7 Å². The molecule has 0 aliphatic heterocycles. The second-order valence-corrected chi connectivity index (χ2v) is 15.4. The summed E-state index contributed by atoms with van der Waals surface area (Å²) in [7, 11) is 0. The highest BCUT2D eigenvalue weighted by atomic mass is 16.5. The number of rotatable bonds is 27. The molecule has 0 radical (unpaired) electrons. The van der Waals surface area contributed by atoms with Crippen LogP contribution >= 0.6 is 0 Å². The molecular weight excluding hydrogens is 765 g/mol. The van der Waals surface area contributed by atoms with E-state index < -0.39 is 17.9 Å². The van der Waals surface area contributed by atoms with E-state index in [1.807, 2.05) is 18.2 Å². The number of ether oxygens (including phenoxy) is 5. The molecule has 5 aromatic carbocycles. The minimum atomic E-state index is -0.555. The SMILES string of the molecule is CCCCCCCCCCCCCCCCOc1ccc(C(=O)Oc2ccc(C(=O)Oc3ccc(-c4cccc(C(=O)Oc5ccc(OCCCC)cc5)c4)cc3)cc2)cc1. The van der Waals surface area contributed by atoms with Gasteiger partial charge < -0.3 is 23.7 Å². The van der Waals surface area contributed by atoms with Crippen LogP contribution in [0.5, 0.6) is 28.7 Å². The molecule has 0 heterocycles. The quantitative estimate of drug-likeness (QED) is 0.0293. The van der Waals surface area contributed by atoms with Crippen LogP contribution < -0.4 is 23.7 Å². The fourth-order valence-electron chi connectivity index (χ4n) is 6.81. The standard InChI is InChI=1S/C53H62O8/c1-3-5-7-8-9-10-11-12-13-14-15-16-17-18-39-58-46-28-24-42(25-29-46)51(54)60-49-32-26-43(27-33-49)52(55)59-48-30-22-41(23-31-48)44-20-19-21-45(40-44)53(56)61-50-36-34-47(35-37-50)57-38-6-4-2/h19-37,40H,3-18,38-39H2,1-2H3. The molecule has 8 heteroatoms. The Labute approximate surface area is 362 Å². The molecular formula is C53H62O8. The lowest BCUT2D eigenvalue weighted by molar-refractivity contribution is 0.0723. The molecule has 0 spiro atoms. The fraction of sp³-hybridized carbons (Fsp3) is 0.377. The summed E-state index contributed by atoms with van der Waals surface area (Å²) < 4.78 is 28.3. The van der Waals surface area contributed by atoms with Crippen molar-refractivity contribution in [3.63, 3.8) is 0 Å². The van der Waals surface area contributed by atoms with Crippen LogP contribution in [0.15, 0.2) is 121 Å². The van der Waals surface area contributed by atoms with E-state index in [1.54, 1.807) is 103 Å². The monoisotopic (exact) mass is 826 g/mol. The van der Waals surface area contributed by atoms with Crippen molar-refractivity contribution in [1.82, 2.24) is 0 Å². The van der Waals surface area contributed by atoms with Crippen LogP contribution in [0.25, 0.3) is 11.1 Å².